The van der Waals surface area contributed by atoms with Crippen molar-refractivity contribution < 1.29 is 4.74 Å². The minimum Gasteiger partial charge on any atom is -0.378 e. The maximum Gasteiger partial charge on any atom is 0.0645 e. The van der Waals surface area contributed by atoms with E-state index in [1.54, 1.807) is 0 Å². The predicted octanol–water partition coefficient (Wildman–Crippen LogP) is 0.000800. The molecule has 94 valence electrons. The molecular formula is C12H25N3O. The topological polar surface area (TPSA) is 27.7 Å². The summed E-state index contributed by atoms with van der Waals surface area (Å²) in [7, 11) is 2.03. The lowest BCUT2D eigenvalue weighted by atomic mass is 10.0. The third-order valence-electron chi connectivity index (χ3n) is 3.92. The lowest BCUT2D eigenvalue weighted by Gasteiger charge is -2.47. The Hall–Kier alpha value is -0.160. The Bertz CT molecular complexity index is 220. The predicted molar refractivity (Wildman–Crippen MR) is 65.8 cm³/mol. The summed E-state index contributed by atoms with van der Waals surface area (Å²) in [5.41, 5.74) is 0.275. The Kier molecular flexibility index (Phi) is 3.85. The fourth-order valence-corrected chi connectivity index (χ4v) is 2.67. The van der Waals surface area contributed by atoms with E-state index in [4.69, 9.17) is 4.74 Å². The molecule has 2 aliphatic heterocycles. The number of nitrogens with one attached hydrogen (secondary N) is 1. The fourth-order valence-electron chi connectivity index (χ4n) is 2.67. The Labute approximate surface area is 98.9 Å². The lowest BCUT2D eigenvalue weighted by Crippen LogP contribution is -2.61. The molecule has 0 aromatic heterocycles. The first-order valence-corrected chi connectivity index (χ1v) is 6.35. The molecule has 2 saturated heterocycles. The van der Waals surface area contributed by atoms with E-state index < -0.39 is 0 Å². The van der Waals surface area contributed by atoms with Crippen LogP contribution in [-0.4, -0.2) is 74.4 Å². The quantitative estimate of drug-likeness (QED) is 0.732. The number of rotatable bonds is 4. The number of piperazine rings is 1. The Morgan fingerprint density at radius 2 is 1.81 bits per heavy atom. The van der Waals surface area contributed by atoms with E-state index in [9.17, 15) is 0 Å². The summed E-state index contributed by atoms with van der Waals surface area (Å²) >= 11 is 0. The zero-order chi connectivity index (χ0) is 11.6. The monoisotopic (exact) mass is 227 g/mol. The van der Waals surface area contributed by atoms with Crippen LogP contribution in [0.2, 0.25) is 0 Å². The summed E-state index contributed by atoms with van der Waals surface area (Å²) in [5, 5.41) is 3.29. The van der Waals surface area contributed by atoms with Crippen LogP contribution in [-0.2, 0) is 4.74 Å². The molecule has 4 nitrogen and oxygen atoms in total. The summed E-state index contributed by atoms with van der Waals surface area (Å²) < 4.78 is 5.26. The highest BCUT2D eigenvalue weighted by molar-refractivity contribution is 4.89. The molecule has 0 aromatic rings. The smallest absolute Gasteiger partial charge is 0.0645 e. The van der Waals surface area contributed by atoms with Gasteiger partial charge in [0.1, 0.15) is 0 Å². The van der Waals surface area contributed by atoms with Crippen LogP contribution in [0.25, 0.3) is 0 Å². The van der Waals surface area contributed by atoms with E-state index in [1.807, 2.05) is 7.05 Å². The molecule has 0 bridgehead atoms. The van der Waals surface area contributed by atoms with Gasteiger partial charge in [0.2, 0.25) is 0 Å². The van der Waals surface area contributed by atoms with Gasteiger partial charge in [-0.3, -0.25) is 9.80 Å². The molecule has 0 radical (unpaired) electrons. The summed E-state index contributed by atoms with van der Waals surface area (Å²) in [6.45, 7) is 12.4. The summed E-state index contributed by atoms with van der Waals surface area (Å²) in [6.07, 6.45) is 0. The standard InChI is InChI=1S/C12H25N3O/c1-12(2,10-13-3)15-6-4-14(5-7-15)11-8-16-9-11/h11,13H,4-10H2,1-3H3. The first-order chi connectivity index (χ1) is 7.63. The molecule has 0 unspecified atom stereocenters. The molecular weight excluding hydrogens is 202 g/mol. The number of ether oxygens (including phenoxy) is 1. The number of hydrogen-bond acceptors (Lipinski definition) is 4. The van der Waals surface area contributed by atoms with Crippen molar-refractivity contribution in [3.8, 4) is 0 Å². The Balaban J connectivity index is 1.79. The van der Waals surface area contributed by atoms with Crippen molar-refractivity contribution in [3.63, 3.8) is 0 Å². The third-order valence-corrected chi connectivity index (χ3v) is 3.92. The van der Waals surface area contributed by atoms with Gasteiger partial charge < -0.3 is 10.1 Å². The van der Waals surface area contributed by atoms with Crippen LogP contribution in [0.1, 0.15) is 13.8 Å². The minimum atomic E-state index is 0.275. The zero-order valence-corrected chi connectivity index (χ0v) is 10.8. The van der Waals surface area contributed by atoms with Crippen molar-refractivity contribution in [1.82, 2.24) is 15.1 Å². The molecule has 2 aliphatic rings. The molecule has 0 amide bonds. The second-order valence-electron chi connectivity index (χ2n) is 5.56. The van der Waals surface area contributed by atoms with E-state index in [0.717, 1.165) is 19.8 Å². The lowest BCUT2D eigenvalue weighted by molar-refractivity contribution is -0.0838. The molecule has 2 rings (SSSR count). The van der Waals surface area contributed by atoms with Crippen molar-refractivity contribution in [3.05, 3.63) is 0 Å². The normalized spacial score (nSPS) is 25.7. The first-order valence-electron chi connectivity index (χ1n) is 6.35. The highest BCUT2D eigenvalue weighted by Crippen LogP contribution is 2.19. The van der Waals surface area contributed by atoms with Gasteiger partial charge in [-0.1, -0.05) is 0 Å². The molecule has 1 N–H and O–H groups in total. The van der Waals surface area contributed by atoms with E-state index in [-0.39, 0.29) is 5.54 Å². The highest BCUT2D eigenvalue weighted by atomic mass is 16.5. The SMILES string of the molecule is CNCC(C)(C)N1CCN(C2COC2)CC1. The van der Waals surface area contributed by atoms with Gasteiger partial charge in [0.15, 0.2) is 0 Å². The van der Waals surface area contributed by atoms with E-state index in [1.165, 1.54) is 26.2 Å². The van der Waals surface area contributed by atoms with Gasteiger partial charge in [-0.05, 0) is 20.9 Å². The molecule has 4 heteroatoms. The van der Waals surface area contributed by atoms with Gasteiger partial charge >= 0.3 is 0 Å². The molecule has 2 heterocycles. The van der Waals surface area contributed by atoms with Gasteiger partial charge in [0, 0.05) is 38.3 Å². The molecule has 2 fully saturated rings. The molecule has 0 spiro atoms. The van der Waals surface area contributed by atoms with Crippen molar-refractivity contribution in [1.29, 1.82) is 0 Å². The highest BCUT2D eigenvalue weighted by Gasteiger charge is 2.33. The second-order valence-corrected chi connectivity index (χ2v) is 5.56. The fraction of sp³-hybridized carbons (Fsp3) is 1.00. The van der Waals surface area contributed by atoms with Crippen LogP contribution in [0.15, 0.2) is 0 Å². The van der Waals surface area contributed by atoms with Crippen molar-refractivity contribution >= 4 is 0 Å². The molecule has 0 aliphatic carbocycles. The Morgan fingerprint density at radius 1 is 1.19 bits per heavy atom. The zero-order valence-electron chi connectivity index (χ0n) is 10.8. The number of likely N-dealkylation sites (N-methyl/N-ethyl adjacent to an activating group) is 1. The average molecular weight is 227 g/mol. The molecule has 16 heavy (non-hydrogen) atoms. The van der Waals surface area contributed by atoms with Crippen LogP contribution in [0, 0.1) is 0 Å². The minimum absolute atomic E-state index is 0.275. The number of hydrogen-bond donors (Lipinski definition) is 1. The summed E-state index contributed by atoms with van der Waals surface area (Å²) in [4.78, 5) is 5.18. The van der Waals surface area contributed by atoms with Gasteiger partial charge in [0.25, 0.3) is 0 Å². The number of nitrogens with zero attached hydrogens (tertiary/aromatic N) is 2. The van der Waals surface area contributed by atoms with E-state index in [2.05, 4.69) is 29.0 Å². The molecule has 0 atom stereocenters. The van der Waals surface area contributed by atoms with E-state index in [0.29, 0.717) is 6.04 Å². The maximum absolute atomic E-state index is 5.26. The first kappa shape index (κ1) is 12.3. The third kappa shape index (κ3) is 2.56. The van der Waals surface area contributed by atoms with Crippen LogP contribution in [0.3, 0.4) is 0 Å². The average Bonchev–Trinajstić information content (AvgIpc) is 2.16. The van der Waals surface area contributed by atoms with Crippen LogP contribution < -0.4 is 5.32 Å². The maximum atomic E-state index is 5.26. The van der Waals surface area contributed by atoms with Gasteiger partial charge in [-0.25, -0.2) is 0 Å². The van der Waals surface area contributed by atoms with Gasteiger partial charge in [-0.2, -0.15) is 0 Å². The van der Waals surface area contributed by atoms with Crippen LogP contribution in [0.5, 0.6) is 0 Å². The summed E-state index contributed by atoms with van der Waals surface area (Å²) in [6, 6.07) is 0.703. The van der Waals surface area contributed by atoms with Crippen molar-refractivity contribution in [2.24, 2.45) is 0 Å². The summed E-state index contributed by atoms with van der Waals surface area (Å²) in [5.74, 6) is 0. The van der Waals surface area contributed by atoms with Gasteiger partial charge in [-0.15, -0.1) is 0 Å². The van der Waals surface area contributed by atoms with Gasteiger partial charge in [0.05, 0.1) is 19.3 Å². The van der Waals surface area contributed by atoms with Crippen molar-refractivity contribution in [2.75, 3.05) is 53.0 Å². The Morgan fingerprint density at radius 3 is 2.25 bits per heavy atom. The molecule has 0 saturated carbocycles. The van der Waals surface area contributed by atoms with E-state index >= 15 is 0 Å². The van der Waals surface area contributed by atoms with Crippen molar-refractivity contribution in [2.45, 2.75) is 25.4 Å². The largest absolute Gasteiger partial charge is 0.378 e. The van der Waals surface area contributed by atoms with Crippen LogP contribution in [0.4, 0.5) is 0 Å². The second kappa shape index (κ2) is 5.00. The molecule has 0 aromatic carbocycles. The van der Waals surface area contributed by atoms with Crippen LogP contribution >= 0.6 is 0 Å².